The molecule has 11 heteroatoms. The van der Waals surface area contributed by atoms with Crippen molar-refractivity contribution in [2.24, 2.45) is 0 Å². The predicted octanol–water partition coefficient (Wildman–Crippen LogP) is 6.06. The Morgan fingerprint density at radius 3 is 2.48 bits per heavy atom. The standard InChI is InChI=1S/C29H28F3N5O3/c1-28(2,3)40-29(4,5)26-33-12-14(13-34-26)16-9-20-18(10-17(16)30)35-24-19-11-21(37(20)24)23-15(25(38)36-19)7-6-8-22(23)39-27(31)32/h6-10,12-13,19,21,27H,11H2,1-5H3,(H,36,38)/t19-,21?/m1/s1. The van der Waals surface area contributed by atoms with Gasteiger partial charge in [-0.3, -0.25) is 4.79 Å². The Bertz CT molecular complexity index is 1640. The summed E-state index contributed by atoms with van der Waals surface area (Å²) < 4.78 is 54.8. The van der Waals surface area contributed by atoms with E-state index in [9.17, 15) is 13.6 Å². The van der Waals surface area contributed by atoms with Crippen LogP contribution in [0.1, 0.15) is 80.7 Å². The van der Waals surface area contributed by atoms with Crippen molar-refractivity contribution in [3.05, 3.63) is 71.3 Å². The number of imidazole rings is 1. The molecule has 4 aromatic rings. The molecule has 2 bridgehead atoms. The molecule has 2 aliphatic heterocycles. The lowest BCUT2D eigenvalue weighted by Gasteiger charge is -2.32. The van der Waals surface area contributed by atoms with Gasteiger partial charge in [0.1, 0.15) is 23.0 Å². The molecule has 0 saturated carbocycles. The van der Waals surface area contributed by atoms with Crippen molar-refractivity contribution in [3.63, 3.8) is 0 Å². The molecular formula is C29H28F3N5O3. The lowest BCUT2D eigenvalue weighted by atomic mass is 9.97. The second-order valence-corrected chi connectivity index (χ2v) is 11.6. The zero-order valence-electron chi connectivity index (χ0n) is 22.6. The van der Waals surface area contributed by atoms with Crippen molar-refractivity contribution in [1.29, 1.82) is 0 Å². The van der Waals surface area contributed by atoms with Crippen LogP contribution in [0.25, 0.3) is 22.2 Å². The average molecular weight is 552 g/mol. The van der Waals surface area contributed by atoms with Crippen LogP contribution in [0.2, 0.25) is 0 Å². The number of nitrogens with zero attached hydrogens (tertiary/aromatic N) is 4. The second-order valence-electron chi connectivity index (χ2n) is 11.6. The van der Waals surface area contributed by atoms with Gasteiger partial charge in [-0.15, -0.1) is 0 Å². The molecule has 6 rings (SSSR count). The Morgan fingerprint density at radius 1 is 1.07 bits per heavy atom. The number of hydrogen-bond acceptors (Lipinski definition) is 6. The van der Waals surface area contributed by atoms with Crippen LogP contribution in [-0.4, -0.2) is 37.6 Å². The summed E-state index contributed by atoms with van der Waals surface area (Å²) in [6.45, 7) is 6.52. The molecule has 2 aliphatic rings. The van der Waals surface area contributed by atoms with Crippen molar-refractivity contribution >= 4 is 16.9 Å². The number of amides is 1. The van der Waals surface area contributed by atoms with Gasteiger partial charge in [0.15, 0.2) is 5.82 Å². The van der Waals surface area contributed by atoms with E-state index in [4.69, 9.17) is 9.47 Å². The first-order valence-corrected chi connectivity index (χ1v) is 13.0. The smallest absolute Gasteiger partial charge is 0.387 e. The van der Waals surface area contributed by atoms with Crippen molar-refractivity contribution in [2.75, 3.05) is 0 Å². The molecule has 4 heterocycles. The third-order valence-electron chi connectivity index (χ3n) is 7.12. The van der Waals surface area contributed by atoms with E-state index in [0.717, 1.165) is 0 Å². The fourth-order valence-corrected chi connectivity index (χ4v) is 5.84. The van der Waals surface area contributed by atoms with Gasteiger partial charge in [-0.25, -0.2) is 19.3 Å². The molecule has 0 aliphatic carbocycles. The number of benzene rings is 2. The summed E-state index contributed by atoms with van der Waals surface area (Å²) in [5.41, 5.74) is 1.11. The summed E-state index contributed by atoms with van der Waals surface area (Å²) in [7, 11) is 0. The molecule has 1 N–H and O–H groups in total. The first-order chi connectivity index (χ1) is 18.8. The number of halogens is 3. The number of aromatic nitrogens is 4. The maximum Gasteiger partial charge on any atom is 0.387 e. The number of hydrogen-bond donors (Lipinski definition) is 1. The number of fused-ring (bicyclic) bond motifs is 9. The highest BCUT2D eigenvalue weighted by atomic mass is 19.3. The Balaban J connectivity index is 1.45. The van der Waals surface area contributed by atoms with Crippen LogP contribution < -0.4 is 10.1 Å². The van der Waals surface area contributed by atoms with Gasteiger partial charge in [0.2, 0.25) is 0 Å². The highest BCUT2D eigenvalue weighted by molar-refractivity contribution is 5.98. The van der Waals surface area contributed by atoms with Gasteiger partial charge in [-0.05, 0) is 59.2 Å². The van der Waals surface area contributed by atoms with E-state index < -0.39 is 41.6 Å². The lowest BCUT2D eigenvalue weighted by molar-refractivity contribution is -0.121. The van der Waals surface area contributed by atoms with E-state index in [1.807, 2.05) is 39.2 Å². The summed E-state index contributed by atoms with van der Waals surface area (Å²) in [5, 5.41) is 2.93. The number of alkyl halides is 2. The zero-order chi connectivity index (χ0) is 28.6. The summed E-state index contributed by atoms with van der Waals surface area (Å²) >= 11 is 0. The molecule has 0 fully saturated rings. The molecule has 2 aromatic carbocycles. The minimum atomic E-state index is -3.06. The van der Waals surface area contributed by atoms with Crippen LogP contribution in [0.15, 0.2) is 42.7 Å². The van der Waals surface area contributed by atoms with Crippen LogP contribution in [0.5, 0.6) is 5.75 Å². The molecule has 2 aromatic heterocycles. The first kappa shape index (κ1) is 26.2. The Kier molecular flexibility index (Phi) is 5.92. The highest BCUT2D eigenvalue weighted by Crippen LogP contribution is 2.48. The Morgan fingerprint density at radius 2 is 1.80 bits per heavy atom. The molecule has 208 valence electrons. The lowest BCUT2D eigenvalue weighted by Crippen LogP contribution is -2.34. The minimum absolute atomic E-state index is 0.0746. The topological polar surface area (TPSA) is 91.2 Å². The molecule has 0 saturated heterocycles. The normalized spacial score (nSPS) is 18.5. The summed E-state index contributed by atoms with van der Waals surface area (Å²) in [6, 6.07) is 6.49. The largest absolute Gasteiger partial charge is 0.434 e. The molecule has 0 radical (unpaired) electrons. The van der Waals surface area contributed by atoms with E-state index in [1.165, 1.54) is 18.2 Å². The molecule has 1 amide bonds. The van der Waals surface area contributed by atoms with Gasteiger partial charge < -0.3 is 19.4 Å². The Hall–Kier alpha value is -3.99. The molecule has 1 unspecified atom stereocenters. The van der Waals surface area contributed by atoms with Crippen LogP contribution in [0, 0.1) is 5.82 Å². The highest BCUT2D eigenvalue weighted by Gasteiger charge is 2.42. The maximum absolute atomic E-state index is 15.4. The van der Waals surface area contributed by atoms with Gasteiger partial charge >= 0.3 is 6.61 Å². The number of rotatable bonds is 5. The van der Waals surface area contributed by atoms with E-state index in [0.29, 0.717) is 40.2 Å². The third kappa shape index (κ3) is 4.38. The van der Waals surface area contributed by atoms with E-state index in [1.54, 1.807) is 24.5 Å². The van der Waals surface area contributed by atoms with Crippen molar-refractivity contribution < 1.29 is 27.4 Å². The fraction of sp³-hybridized carbons (Fsp3) is 0.379. The van der Waals surface area contributed by atoms with Crippen LogP contribution in [0.3, 0.4) is 0 Å². The summed E-state index contributed by atoms with van der Waals surface area (Å²) in [6.07, 6.45) is 3.50. The first-order valence-electron chi connectivity index (χ1n) is 13.0. The Labute approximate surface area is 228 Å². The molecular weight excluding hydrogens is 523 g/mol. The number of ether oxygens (including phenoxy) is 2. The zero-order valence-corrected chi connectivity index (χ0v) is 22.6. The number of carbonyl (C=O) groups is 1. The van der Waals surface area contributed by atoms with Crippen molar-refractivity contribution in [3.8, 4) is 16.9 Å². The fourth-order valence-electron chi connectivity index (χ4n) is 5.84. The minimum Gasteiger partial charge on any atom is -0.434 e. The van der Waals surface area contributed by atoms with Gasteiger partial charge in [0, 0.05) is 40.7 Å². The SMILES string of the molecule is CC(C)(C)OC(C)(C)c1ncc(-c2cc3c(cc2F)nc2n3C3C[C@H]2NC(=O)c2cccc(OC(F)F)c23)cn1. The average Bonchev–Trinajstić information content (AvgIpc) is 3.33. The van der Waals surface area contributed by atoms with Gasteiger partial charge in [0.25, 0.3) is 5.91 Å². The molecule has 0 spiro atoms. The van der Waals surface area contributed by atoms with E-state index >= 15 is 4.39 Å². The van der Waals surface area contributed by atoms with Gasteiger partial charge in [-0.2, -0.15) is 8.78 Å². The van der Waals surface area contributed by atoms with Crippen LogP contribution >= 0.6 is 0 Å². The second kappa shape index (κ2) is 9.02. The third-order valence-corrected chi connectivity index (χ3v) is 7.12. The van der Waals surface area contributed by atoms with E-state index in [2.05, 4.69) is 20.3 Å². The monoisotopic (exact) mass is 551 g/mol. The summed E-state index contributed by atoms with van der Waals surface area (Å²) in [4.78, 5) is 26.5. The number of nitrogens with one attached hydrogen (secondary N) is 1. The summed E-state index contributed by atoms with van der Waals surface area (Å²) in [5.74, 6) is -0.00528. The van der Waals surface area contributed by atoms with E-state index in [-0.39, 0.29) is 16.9 Å². The van der Waals surface area contributed by atoms with Crippen LogP contribution in [0.4, 0.5) is 13.2 Å². The molecule has 8 nitrogen and oxygen atoms in total. The van der Waals surface area contributed by atoms with Gasteiger partial charge in [0.05, 0.1) is 28.7 Å². The molecule has 2 atom stereocenters. The maximum atomic E-state index is 15.4. The molecule has 40 heavy (non-hydrogen) atoms. The van der Waals surface area contributed by atoms with Crippen molar-refractivity contribution in [2.45, 2.75) is 70.9 Å². The van der Waals surface area contributed by atoms with Crippen LogP contribution in [-0.2, 0) is 10.3 Å². The quantitative estimate of drug-likeness (QED) is 0.324. The van der Waals surface area contributed by atoms with Crippen molar-refractivity contribution in [1.82, 2.24) is 24.8 Å². The number of carbonyl (C=O) groups excluding carboxylic acids is 1. The predicted molar refractivity (Wildman–Crippen MR) is 141 cm³/mol. The van der Waals surface area contributed by atoms with Gasteiger partial charge in [-0.1, -0.05) is 6.07 Å².